The van der Waals surface area contributed by atoms with Crippen molar-refractivity contribution in [2.24, 2.45) is 0 Å². The first-order valence-corrected chi connectivity index (χ1v) is 7.38. The van der Waals surface area contributed by atoms with Gasteiger partial charge in [0.05, 0.1) is 12.7 Å². The van der Waals surface area contributed by atoms with E-state index in [1.807, 2.05) is 18.7 Å². The molecular formula is C12H27NO2S. The zero-order chi connectivity index (χ0) is 12.4. The lowest BCUT2D eigenvalue weighted by molar-refractivity contribution is 0.0426. The summed E-state index contributed by atoms with van der Waals surface area (Å²) < 4.78 is 5.47. The summed E-state index contributed by atoms with van der Waals surface area (Å²) in [5, 5.41) is 12.9. The van der Waals surface area contributed by atoms with Crippen LogP contribution in [0.15, 0.2) is 0 Å². The number of aliphatic hydroxyl groups excluding tert-OH is 1. The van der Waals surface area contributed by atoms with Crippen LogP contribution >= 0.6 is 11.8 Å². The summed E-state index contributed by atoms with van der Waals surface area (Å²) in [6, 6.07) is 0. The molecule has 0 heterocycles. The normalized spacial score (nSPS) is 14.1. The quantitative estimate of drug-likeness (QED) is 0.620. The number of thioether (sulfide) groups is 1. The Balaban J connectivity index is 3.77. The number of ether oxygens (including phenoxy) is 1. The van der Waals surface area contributed by atoms with E-state index in [-0.39, 0.29) is 0 Å². The topological polar surface area (TPSA) is 41.5 Å². The SMILES string of the molecule is CCOCC(O)CNCC(CC)(CC)SC. The minimum Gasteiger partial charge on any atom is -0.389 e. The lowest BCUT2D eigenvalue weighted by atomic mass is 10.0. The fourth-order valence-electron chi connectivity index (χ4n) is 1.64. The second-order valence-electron chi connectivity index (χ2n) is 4.04. The Kier molecular flexibility index (Phi) is 9.41. The van der Waals surface area contributed by atoms with E-state index in [0.717, 1.165) is 19.4 Å². The molecule has 0 aliphatic rings. The third-order valence-electron chi connectivity index (χ3n) is 3.06. The van der Waals surface area contributed by atoms with Crippen molar-refractivity contribution in [1.29, 1.82) is 0 Å². The molecule has 0 saturated carbocycles. The molecule has 98 valence electrons. The summed E-state index contributed by atoms with van der Waals surface area (Å²) in [7, 11) is 0. The van der Waals surface area contributed by atoms with E-state index in [2.05, 4.69) is 25.4 Å². The maximum Gasteiger partial charge on any atom is 0.0897 e. The van der Waals surface area contributed by atoms with Gasteiger partial charge in [-0.25, -0.2) is 0 Å². The average Bonchev–Trinajstić information content (AvgIpc) is 2.33. The zero-order valence-electron chi connectivity index (χ0n) is 11.1. The maximum atomic E-state index is 9.60. The third-order valence-corrected chi connectivity index (χ3v) is 4.65. The van der Waals surface area contributed by atoms with E-state index in [1.54, 1.807) is 0 Å². The van der Waals surface area contributed by atoms with Crippen LogP contribution in [0.25, 0.3) is 0 Å². The number of hydrogen-bond acceptors (Lipinski definition) is 4. The van der Waals surface area contributed by atoms with Gasteiger partial charge in [-0.1, -0.05) is 13.8 Å². The highest BCUT2D eigenvalue weighted by Crippen LogP contribution is 2.29. The van der Waals surface area contributed by atoms with Crippen LogP contribution in [0.3, 0.4) is 0 Å². The third kappa shape index (κ3) is 6.09. The van der Waals surface area contributed by atoms with E-state index in [0.29, 0.717) is 24.5 Å². The van der Waals surface area contributed by atoms with Crippen molar-refractivity contribution in [3.63, 3.8) is 0 Å². The highest BCUT2D eigenvalue weighted by Gasteiger charge is 2.24. The molecule has 0 spiro atoms. The van der Waals surface area contributed by atoms with Crippen molar-refractivity contribution in [1.82, 2.24) is 5.32 Å². The van der Waals surface area contributed by atoms with Crippen LogP contribution in [0.1, 0.15) is 33.6 Å². The van der Waals surface area contributed by atoms with Crippen molar-refractivity contribution < 1.29 is 9.84 Å². The number of hydrogen-bond donors (Lipinski definition) is 2. The molecule has 0 radical (unpaired) electrons. The second-order valence-corrected chi connectivity index (χ2v) is 5.31. The molecule has 0 aromatic carbocycles. The smallest absolute Gasteiger partial charge is 0.0897 e. The fraction of sp³-hybridized carbons (Fsp3) is 1.00. The molecule has 3 nitrogen and oxygen atoms in total. The molecule has 0 amide bonds. The molecule has 0 saturated heterocycles. The van der Waals surface area contributed by atoms with Crippen molar-refractivity contribution in [3.8, 4) is 0 Å². The molecule has 0 aromatic rings. The van der Waals surface area contributed by atoms with E-state index in [1.165, 1.54) is 0 Å². The lowest BCUT2D eigenvalue weighted by Crippen LogP contribution is -2.40. The van der Waals surface area contributed by atoms with Gasteiger partial charge in [-0.15, -0.1) is 0 Å². The molecular weight excluding hydrogens is 222 g/mol. The van der Waals surface area contributed by atoms with Gasteiger partial charge in [-0.2, -0.15) is 11.8 Å². The monoisotopic (exact) mass is 249 g/mol. The van der Waals surface area contributed by atoms with Crippen molar-refractivity contribution in [2.75, 3.05) is 32.6 Å². The largest absolute Gasteiger partial charge is 0.389 e. The molecule has 1 unspecified atom stereocenters. The average molecular weight is 249 g/mol. The molecule has 0 fully saturated rings. The molecule has 0 rings (SSSR count). The van der Waals surface area contributed by atoms with Crippen LogP contribution in [-0.4, -0.2) is 48.5 Å². The molecule has 0 aliphatic heterocycles. The summed E-state index contributed by atoms with van der Waals surface area (Å²) in [5.74, 6) is 0. The van der Waals surface area contributed by atoms with Crippen molar-refractivity contribution >= 4 is 11.8 Å². The Morgan fingerprint density at radius 2 is 1.94 bits per heavy atom. The Labute approximate surface area is 104 Å². The van der Waals surface area contributed by atoms with E-state index >= 15 is 0 Å². The van der Waals surface area contributed by atoms with Gasteiger partial charge in [0.1, 0.15) is 0 Å². The molecule has 0 aliphatic carbocycles. The first kappa shape index (κ1) is 16.2. The van der Waals surface area contributed by atoms with Gasteiger partial charge in [0.25, 0.3) is 0 Å². The minimum absolute atomic E-state index is 0.311. The van der Waals surface area contributed by atoms with Gasteiger partial charge in [0, 0.05) is 24.4 Å². The summed E-state index contributed by atoms with van der Waals surface area (Å²) in [6.45, 7) is 9.03. The molecule has 4 heteroatoms. The maximum absolute atomic E-state index is 9.60. The zero-order valence-corrected chi connectivity index (χ0v) is 11.9. The fourth-order valence-corrected chi connectivity index (χ4v) is 2.46. The van der Waals surface area contributed by atoms with Crippen LogP contribution in [0.5, 0.6) is 0 Å². The molecule has 16 heavy (non-hydrogen) atoms. The predicted octanol–water partition coefficient (Wildman–Crippen LogP) is 1.90. The summed E-state index contributed by atoms with van der Waals surface area (Å²) >= 11 is 1.91. The van der Waals surface area contributed by atoms with Gasteiger partial charge in [0.15, 0.2) is 0 Å². The lowest BCUT2D eigenvalue weighted by Gasteiger charge is -2.30. The van der Waals surface area contributed by atoms with Crippen LogP contribution in [-0.2, 0) is 4.74 Å². The number of aliphatic hydroxyl groups is 1. The minimum atomic E-state index is -0.395. The van der Waals surface area contributed by atoms with Crippen LogP contribution in [0.2, 0.25) is 0 Å². The highest BCUT2D eigenvalue weighted by molar-refractivity contribution is 8.00. The highest BCUT2D eigenvalue weighted by atomic mass is 32.2. The Hall–Kier alpha value is 0.230. The van der Waals surface area contributed by atoms with E-state index in [9.17, 15) is 5.11 Å². The first-order chi connectivity index (χ1) is 7.64. The Bertz CT molecular complexity index is 155. The van der Waals surface area contributed by atoms with Crippen molar-refractivity contribution in [2.45, 2.75) is 44.5 Å². The van der Waals surface area contributed by atoms with Gasteiger partial charge in [0.2, 0.25) is 0 Å². The summed E-state index contributed by atoms with van der Waals surface area (Å²) in [5.41, 5.74) is 0. The Morgan fingerprint density at radius 1 is 1.31 bits per heavy atom. The van der Waals surface area contributed by atoms with Crippen LogP contribution < -0.4 is 5.32 Å². The first-order valence-electron chi connectivity index (χ1n) is 6.15. The number of nitrogens with one attached hydrogen (secondary N) is 1. The summed E-state index contributed by atoms with van der Waals surface area (Å²) in [4.78, 5) is 0. The van der Waals surface area contributed by atoms with Gasteiger partial charge in [-0.05, 0) is 26.0 Å². The summed E-state index contributed by atoms with van der Waals surface area (Å²) in [6.07, 6.45) is 4.07. The second kappa shape index (κ2) is 9.28. The van der Waals surface area contributed by atoms with Gasteiger partial charge in [-0.3, -0.25) is 0 Å². The predicted molar refractivity (Wildman–Crippen MR) is 72.2 cm³/mol. The van der Waals surface area contributed by atoms with Crippen LogP contribution in [0, 0.1) is 0 Å². The van der Waals surface area contributed by atoms with Crippen molar-refractivity contribution in [3.05, 3.63) is 0 Å². The Morgan fingerprint density at radius 3 is 2.38 bits per heavy atom. The van der Waals surface area contributed by atoms with Crippen LogP contribution in [0.4, 0.5) is 0 Å². The molecule has 0 bridgehead atoms. The standard InChI is InChI=1S/C12H27NO2S/c1-5-12(6-2,16-4)10-13-8-11(14)9-15-7-3/h11,13-14H,5-10H2,1-4H3. The van der Waals surface area contributed by atoms with E-state index in [4.69, 9.17) is 4.74 Å². The van der Waals surface area contributed by atoms with E-state index < -0.39 is 6.10 Å². The van der Waals surface area contributed by atoms with Gasteiger partial charge < -0.3 is 15.2 Å². The van der Waals surface area contributed by atoms with Gasteiger partial charge >= 0.3 is 0 Å². The molecule has 1 atom stereocenters. The molecule has 0 aromatic heterocycles. The number of rotatable bonds is 10. The molecule has 2 N–H and O–H groups in total.